The number of amides is 1. The molecular weight excluding hydrogens is 764 g/mol. The van der Waals surface area contributed by atoms with Crippen molar-refractivity contribution in [2.24, 2.45) is 28.8 Å². The van der Waals surface area contributed by atoms with Crippen LogP contribution in [0.25, 0.3) is 10.8 Å². The molecule has 5 rings (SSSR count). The van der Waals surface area contributed by atoms with E-state index >= 15 is 0 Å². The number of oxime groups is 1. The fourth-order valence-corrected chi connectivity index (χ4v) is 7.47. The molecule has 3 heterocycles. The van der Waals surface area contributed by atoms with Gasteiger partial charge in [-0.05, 0) is 39.2 Å². The van der Waals surface area contributed by atoms with Crippen molar-refractivity contribution in [1.82, 2.24) is 0 Å². The summed E-state index contributed by atoms with van der Waals surface area (Å²) >= 11 is 0. The van der Waals surface area contributed by atoms with Gasteiger partial charge >= 0.3 is 11.8 Å². The van der Waals surface area contributed by atoms with Crippen molar-refractivity contribution in [1.29, 1.82) is 0 Å². The molecule has 0 aliphatic carbocycles. The number of benzene rings is 2. The minimum absolute atomic E-state index is 0.0332. The lowest BCUT2D eigenvalue weighted by atomic mass is 9.78. The molecule has 0 saturated heterocycles. The van der Waals surface area contributed by atoms with Crippen LogP contribution in [0, 0.1) is 30.6 Å². The number of esters is 1. The number of fused-ring (bicyclic) bond motifs is 14. The minimum atomic E-state index is -2.06. The molecule has 15 heteroatoms. The first-order chi connectivity index (χ1) is 27.8. The number of ether oxygens (including phenoxy) is 4. The summed E-state index contributed by atoms with van der Waals surface area (Å²) in [6.45, 7) is 16.3. The van der Waals surface area contributed by atoms with Crippen LogP contribution in [0.15, 0.2) is 53.9 Å². The lowest BCUT2D eigenvalue weighted by Crippen LogP contribution is -2.46. The van der Waals surface area contributed by atoms with Gasteiger partial charge in [-0.2, -0.15) is 0 Å². The average molecular weight is 823 g/mol. The number of methoxy groups -OCH3 is 1. The summed E-state index contributed by atoms with van der Waals surface area (Å²) in [7, 11) is 1.43. The molecule has 0 radical (unpaired) electrons. The van der Waals surface area contributed by atoms with Crippen LogP contribution in [0.3, 0.4) is 0 Å². The van der Waals surface area contributed by atoms with Crippen LogP contribution in [-0.2, 0) is 28.6 Å². The summed E-state index contributed by atoms with van der Waals surface area (Å²) in [5, 5.41) is 64.0. The van der Waals surface area contributed by atoms with E-state index in [4.69, 9.17) is 23.8 Å². The van der Waals surface area contributed by atoms with Gasteiger partial charge in [0.15, 0.2) is 5.75 Å². The van der Waals surface area contributed by atoms with Gasteiger partial charge in [0.2, 0.25) is 0 Å². The number of aliphatic hydroxyl groups excluding tert-OH is 2. The molecule has 3 aliphatic heterocycles. The average Bonchev–Trinajstić information content (AvgIpc) is 3.46. The van der Waals surface area contributed by atoms with Gasteiger partial charge in [0.1, 0.15) is 30.0 Å². The van der Waals surface area contributed by atoms with Crippen LogP contribution in [0.1, 0.15) is 89.2 Å². The van der Waals surface area contributed by atoms with Crippen molar-refractivity contribution in [3.8, 4) is 23.0 Å². The Morgan fingerprint density at radius 2 is 1.68 bits per heavy atom. The Morgan fingerprint density at radius 3 is 2.32 bits per heavy atom. The number of nitrogens with one attached hydrogen (secondary N) is 1. The molecule has 0 aromatic heterocycles. The molecule has 5 bridgehead atoms. The summed E-state index contributed by atoms with van der Waals surface area (Å²) in [5.41, 5.74) is -0.610. The summed E-state index contributed by atoms with van der Waals surface area (Å²) in [4.78, 5) is 45.7. The lowest BCUT2D eigenvalue weighted by Gasteiger charge is -2.38. The quantitative estimate of drug-likeness (QED) is 0.0304. The zero-order chi connectivity index (χ0) is 43.9. The summed E-state index contributed by atoms with van der Waals surface area (Å²) in [6, 6.07) is 0. The highest BCUT2D eigenvalue weighted by atomic mass is 16.7. The second-order valence-electron chi connectivity index (χ2n) is 15.5. The van der Waals surface area contributed by atoms with Crippen LogP contribution < -0.4 is 10.1 Å². The fraction of sp³-hybridized carbons (Fsp3) is 0.500. The van der Waals surface area contributed by atoms with Gasteiger partial charge in [-0.1, -0.05) is 57.2 Å². The number of aromatic hydroxyl groups is 3. The number of carbonyl (C=O) groups is 3. The van der Waals surface area contributed by atoms with Crippen molar-refractivity contribution < 1.29 is 63.7 Å². The number of hydrogen-bond donors (Lipinski definition) is 6. The maximum Gasteiger partial charge on any atom is 0.312 e. The smallest absolute Gasteiger partial charge is 0.312 e. The van der Waals surface area contributed by atoms with Gasteiger partial charge < -0.3 is 54.6 Å². The van der Waals surface area contributed by atoms with E-state index < -0.39 is 88.8 Å². The van der Waals surface area contributed by atoms with Crippen LogP contribution in [0.4, 0.5) is 5.69 Å². The highest BCUT2D eigenvalue weighted by Crippen LogP contribution is 2.55. The molecule has 9 atom stereocenters. The number of carbonyl (C=O) groups excluding carboxylic acids is 3. The highest BCUT2D eigenvalue weighted by molar-refractivity contribution is 6.23. The van der Waals surface area contributed by atoms with Crippen molar-refractivity contribution in [2.45, 2.75) is 105 Å². The Hall–Kier alpha value is -5.38. The van der Waals surface area contributed by atoms with Gasteiger partial charge in [0, 0.05) is 61.2 Å². The number of ketones is 1. The third-order valence-electron chi connectivity index (χ3n) is 11.2. The number of nitrogens with zero attached hydrogens (tertiary/aromatic N) is 1. The Balaban J connectivity index is 1.94. The van der Waals surface area contributed by atoms with Gasteiger partial charge in [-0.15, -0.1) is 6.58 Å². The molecule has 15 nitrogen and oxygen atoms in total. The largest absolute Gasteiger partial charge is 0.507 e. The Labute approximate surface area is 344 Å². The number of unbranched alkanes of at least 4 members (excludes halogenated alkanes) is 2. The number of Topliss-reactive ketones (excluding diaryl/α,β-unsaturated/α-hetero) is 1. The van der Waals surface area contributed by atoms with Crippen LogP contribution >= 0.6 is 0 Å². The fourth-order valence-electron chi connectivity index (χ4n) is 7.47. The maximum absolute atomic E-state index is 14.4. The van der Waals surface area contributed by atoms with E-state index in [-0.39, 0.29) is 51.1 Å². The predicted molar refractivity (Wildman–Crippen MR) is 221 cm³/mol. The number of anilines is 1. The molecule has 322 valence electrons. The number of hydrogen-bond acceptors (Lipinski definition) is 14. The maximum atomic E-state index is 14.4. The first-order valence-corrected chi connectivity index (χ1v) is 19.7. The van der Waals surface area contributed by atoms with E-state index in [1.807, 2.05) is 0 Å². The van der Waals surface area contributed by atoms with E-state index in [0.29, 0.717) is 6.42 Å². The number of rotatable bonds is 9. The molecular formula is C44H58N2O13. The Bertz CT molecular complexity index is 2040. The highest BCUT2D eigenvalue weighted by Gasteiger charge is 2.50. The third kappa shape index (κ3) is 9.75. The Morgan fingerprint density at radius 1 is 0.983 bits per heavy atom. The SMILES string of the molecule is C=CCCCCO/N=C/c1c2c(O)c3c(O)c(C)c4c(c3c1O)C(=O)[C@@](C)(O/C=C/[C@H](OC)[C@@H](C)[C@@H](OC(C)=O)[C@H](C)[C@H](O)[C@H](C)[C@@H](O)[C@@H](C)/C=C/C=C(/C)C(=O)N2)O4. The van der Waals surface area contributed by atoms with Gasteiger partial charge in [-0.3, -0.25) is 14.4 Å². The molecule has 59 heavy (non-hydrogen) atoms. The molecule has 0 spiro atoms. The molecule has 6 N–H and O–H groups in total. The molecule has 1 amide bonds. The first kappa shape index (κ1) is 46.3. The second kappa shape index (κ2) is 19.6. The third-order valence-corrected chi connectivity index (χ3v) is 11.2. The predicted octanol–water partition coefficient (Wildman–Crippen LogP) is 6.46. The number of allylic oxidation sites excluding steroid dienone is 3. The number of aliphatic hydroxyl groups is 2. The zero-order valence-electron chi connectivity index (χ0n) is 35.1. The van der Waals surface area contributed by atoms with Crippen molar-refractivity contribution in [3.05, 3.63) is 65.5 Å². The molecule has 3 aliphatic rings. The second-order valence-corrected chi connectivity index (χ2v) is 15.5. The van der Waals surface area contributed by atoms with Gasteiger partial charge in [-0.25, -0.2) is 0 Å². The van der Waals surface area contributed by atoms with Crippen LogP contribution in [-0.4, -0.2) is 93.3 Å². The van der Waals surface area contributed by atoms with E-state index in [1.54, 1.807) is 45.9 Å². The van der Waals surface area contributed by atoms with E-state index in [9.17, 15) is 39.9 Å². The molecule has 0 unspecified atom stereocenters. The van der Waals surface area contributed by atoms with E-state index in [0.717, 1.165) is 19.1 Å². The summed E-state index contributed by atoms with van der Waals surface area (Å²) in [6.07, 6.45) is 8.51. The number of phenols is 3. The van der Waals surface area contributed by atoms with Crippen LogP contribution in [0.5, 0.6) is 23.0 Å². The van der Waals surface area contributed by atoms with Crippen LogP contribution in [0.2, 0.25) is 0 Å². The van der Waals surface area contributed by atoms with Crippen molar-refractivity contribution >= 4 is 40.3 Å². The van der Waals surface area contributed by atoms with Crippen molar-refractivity contribution in [3.63, 3.8) is 0 Å². The lowest BCUT2D eigenvalue weighted by molar-refractivity contribution is -0.160. The number of phenolic OH excluding ortho intramolecular Hbond substituents is 3. The minimum Gasteiger partial charge on any atom is -0.507 e. The van der Waals surface area contributed by atoms with Gasteiger partial charge in [0.05, 0.1) is 53.0 Å². The van der Waals surface area contributed by atoms with Crippen molar-refractivity contribution in [2.75, 3.05) is 19.0 Å². The first-order valence-electron chi connectivity index (χ1n) is 19.7. The molecule has 0 saturated carbocycles. The Kier molecular flexibility index (Phi) is 15.4. The topological polar surface area (TPSA) is 223 Å². The molecule has 2 aromatic carbocycles. The van der Waals surface area contributed by atoms with E-state index in [2.05, 4.69) is 17.1 Å². The molecule has 2 aromatic rings. The summed E-state index contributed by atoms with van der Waals surface area (Å²) in [5.74, 6) is -8.64. The zero-order valence-corrected chi connectivity index (χ0v) is 35.1. The van der Waals surface area contributed by atoms with E-state index in [1.165, 1.54) is 53.2 Å². The monoisotopic (exact) mass is 822 g/mol. The standard InChI is InChI=1S/C44H58N2O13/c1-11-12-13-14-19-57-45-21-29-34-39(52)32-31(38(29)51)33-41(27(7)37(32)50)59-44(9,42(33)53)56-20-18-30(55-10)24(4)40(58-28(8)47)26(6)36(49)25(5)35(48)22(2)16-15-17-23(3)43(54)46-34/h11,15-18,20-22,24-26,30,35-36,40,48-52H,1,12-14,19H2,2-10H3,(H,46,54)/b16-15+,20-18+,23-17-,45-21+/t22-,24+,25+,26+,30-,35-,36+,40+,44-/m0/s1. The molecule has 0 fully saturated rings. The normalized spacial score (nSPS) is 30.0. The van der Waals surface area contributed by atoms with Gasteiger partial charge in [0.25, 0.3) is 11.7 Å². The summed E-state index contributed by atoms with van der Waals surface area (Å²) < 4.78 is 23.5.